The molecule has 2 heterocycles. The third-order valence-corrected chi connectivity index (χ3v) is 4.00. The van der Waals surface area contributed by atoms with Gasteiger partial charge in [-0.25, -0.2) is 9.97 Å². The minimum Gasteiger partial charge on any atom is -0.370 e. The number of thiophene rings is 1. The Morgan fingerprint density at radius 2 is 1.90 bits per heavy atom. The van der Waals surface area contributed by atoms with E-state index in [1.54, 1.807) is 11.3 Å². The van der Waals surface area contributed by atoms with Crippen molar-refractivity contribution in [2.45, 2.75) is 19.8 Å². The maximum atomic E-state index is 4.66. The molecular formula is C16H17N3S. The highest BCUT2D eigenvalue weighted by molar-refractivity contribution is 7.16. The molecule has 0 amide bonds. The summed E-state index contributed by atoms with van der Waals surface area (Å²) in [6.45, 7) is 2.96. The fraction of sp³-hybridized carbons (Fsp3) is 0.250. The number of hydrogen-bond donors (Lipinski definition) is 1. The molecule has 3 rings (SSSR count). The van der Waals surface area contributed by atoms with Crippen LogP contribution in [-0.2, 0) is 12.8 Å². The standard InChI is InChI=1S/C16H17N3S/c1-2-17-15-13-10-11-20-16(13)19-14(18-15)9-8-12-6-4-3-5-7-12/h3-7,10-11H,2,8-9H2,1H3,(H,17,18,19). The molecule has 0 spiro atoms. The van der Waals surface area contributed by atoms with E-state index < -0.39 is 0 Å². The predicted molar refractivity (Wildman–Crippen MR) is 85.4 cm³/mol. The molecule has 0 unspecified atom stereocenters. The molecule has 0 aliphatic heterocycles. The minimum atomic E-state index is 0.871. The zero-order chi connectivity index (χ0) is 13.8. The summed E-state index contributed by atoms with van der Waals surface area (Å²) < 4.78 is 0. The molecule has 4 heteroatoms. The van der Waals surface area contributed by atoms with E-state index in [2.05, 4.69) is 57.9 Å². The van der Waals surface area contributed by atoms with Crippen LogP contribution >= 0.6 is 11.3 Å². The van der Waals surface area contributed by atoms with Crippen molar-refractivity contribution >= 4 is 27.4 Å². The lowest BCUT2D eigenvalue weighted by Gasteiger charge is -2.07. The lowest BCUT2D eigenvalue weighted by atomic mass is 10.1. The Kier molecular flexibility index (Phi) is 3.92. The van der Waals surface area contributed by atoms with E-state index in [1.165, 1.54) is 5.56 Å². The van der Waals surface area contributed by atoms with Crippen LogP contribution in [0.25, 0.3) is 10.2 Å². The summed E-state index contributed by atoms with van der Waals surface area (Å²) in [5.74, 6) is 1.88. The maximum Gasteiger partial charge on any atom is 0.138 e. The van der Waals surface area contributed by atoms with E-state index in [0.29, 0.717) is 0 Å². The number of anilines is 1. The fourth-order valence-corrected chi connectivity index (χ4v) is 3.00. The van der Waals surface area contributed by atoms with Gasteiger partial charge in [-0.15, -0.1) is 11.3 Å². The molecule has 0 fully saturated rings. The number of aryl methyl sites for hydroxylation is 2. The number of nitrogens with one attached hydrogen (secondary N) is 1. The van der Waals surface area contributed by atoms with E-state index in [0.717, 1.165) is 41.2 Å². The number of aromatic nitrogens is 2. The van der Waals surface area contributed by atoms with Crippen LogP contribution in [0.5, 0.6) is 0 Å². The average molecular weight is 283 g/mol. The first kappa shape index (κ1) is 13.1. The highest BCUT2D eigenvalue weighted by Crippen LogP contribution is 2.25. The molecule has 0 aliphatic carbocycles. The van der Waals surface area contributed by atoms with Crippen LogP contribution < -0.4 is 5.32 Å². The van der Waals surface area contributed by atoms with Gasteiger partial charge in [0.15, 0.2) is 0 Å². The zero-order valence-corrected chi connectivity index (χ0v) is 12.3. The van der Waals surface area contributed by atoms with Gasteiger partial charge in [-0.3, -0.25) is 0 Å². The van der Waals surface area contributed by atoms with Crippen LogP contribution in [0, 0.1) is 0 Å². The molecule has 0 saturated carbocycles. The second-order valence-corrected chi connectivity index (χ2v) is 5.54. The van der Waals surface area contributed by atoms with Crippen molar-refractivity contribution in [2.24, 2.45) is 0 Å². The van der Waals surface area contributed by atoms with E-state index >= 15 is 0 Å². The summed E-state index contributed by atoms with van der Waals surface area (Å²) in [4.78, 5) is 10.4. The monoisotopic (exact) mass is 283 g/mol. The van der Waals surface area contributed by atoms with E-state index in [-0.39, 0.29) is 0 Å². The van der Waals surface area contributed by atoms with Crippen LogP contribution in [0.1, 0.15) is 18.3 Å². The molecule has 0 atom stereocenters. The summed E-state index contributed by atoms with van der Waals surface area (Å²) in [6.07, 6.45) is 1.85. The van der Waals surface area contributed by atoms with E-state index in [9.17, 15) is 0 Å². The third kappa shape index (κ3) is 2.80. The highest BCUT2D eigenvalue weighted by Gasteiger charge is 2.08. The Morgan fingerprint density at radius 1 is 1.05 bits per heavy atom. The van der Waals surface area contributed by atoms with Crippen LogP contribution in [0.4, 0.5) is 5.82 Å². The van der Waals surface area contributed by atoms with Gasteiger partial charge in [-0.1, -0.05) is 30.3 Å². The van der Waals surface area contributed by atoms with Crippen molar-refractivity contribution in [3.63, 3.8) is 0 Å². The first-order valence-electron chi connectivity index (χ1n) is 6.88. The predicted octanol–water partition coefficient (Wildman–Crippen LogP) is 3.91. The molecule has 2 aromatic heterocycles. The normalized spacial score (nSPS) is 10.8. The molecule has 1 aromatic carbocycles. The highest BCUT2D eigenvalue weighted by atomic mass is 32.1. The molecule has 0 aliphatic rings. The molecule has 3 aromatic rings. The lowest BCUT2D eigenvalue weighted by molar-refractivity contribution is 0.871. The summed E-state index contributed by atoms with van der Waals surface area (Å²) in [6, 6.07) is 12.6. The average Bonchev–Trinajstić information content (AvgIpc) is 2.95. The van der Waals surface area contributed by atoms with Gasteiger partial charge in [0.1, 0.15) is 16.5 Å². The van der Waals surface area contributed by atoms with Crippen LogP contribution in [0.15, 0.2) is 41.8 Å². The van der Waals surface area contributed by atoms with Gasteiger partial charge in [0.2, 0.25) is 0 Å². The van der Waals surface area contributed by atoms with Crippen molar-refractivity contribution in [1.29, 1.82) is 0 Å². The second-order valence-electron chi connectivity index (χ2n) is 4.64. The summed E-state index contributed by atoms with van der Waals surface area (Å²) in [5, 5.41) is 6.53. The van der Waals surface area contributed by atoms with Gasteiger partial charge in [0, 0.05) is 13.0 Å². The molecule has 0 radical (unpaired) electrons. The Labute approximate surface area is 122 Å². The van der Waals surface area contributed by atoms with Crippen LogP contribution in [0.2, 0.25) is 0 Å². The number of rotatable bonds is 5. The summed E-state index contributed by atoms with van der Waals surface area (Å²) in [5.41, 5.74) is 1.33. The Balaban J connectivity index is 1.84. The van der Waals surface area contributed by atoms with Gasteiger partial charge in [-0.05, 0) is 30.4 Å². The van der Waals surface area contributed by atoms with E-state index in [1.807, 2.05) is 6.07 Å². The molecule has 20 heavy (non-hydrogen) atoms. The molecular weight excluding hydrogens is 266 g/mol. The second kappa shape index (κ2) is 6.01. The number of nitrogens with zero attached hydrogens (tertiary/aromatic N) is 2. The fourth-order valence-electron chi connectivity index (χ4n) is 2.21. The maximum absolute atomic E-state index is 4.66. The van der Waals surface area contributed by atoms with Gasteiger partial charge >= 0.3 is 0 Å². The van der Waals surface area contributed by atoms with Gasteiger partial charge in [0.25, 0.3) is 0 Å². The molecule has 0 bridgehead atoms. The molecule has 1 N–H and O–H groups in total. The Hall–Kier alpha value is -1.94. The minimum absolute atomic E-state index is 0.871. The third-order valence-electron chi connectivity index (χ3n) is 3.20. The van der Waals surface area contributed by atoms with E-state index in [4.69, 9.17) is 0 Å². The van der Waals surface area contributed by atoms with Crippen LogP contribution in [-0.4, -0.2) is 16.5 Å². The number of fused-ring (bicyclic) bond motifs is 1. The lowest BCUT2D eigenvalue weighted by Crippen LogP contribution is -2.05. The van der Waals surface area contributed by atoms with Crippen molar-refractivity contribution in [3.05, 3.63) is 53.2 Å². The quantitative estimate of drug-likeness (QED) is 0.771. The van der Waals surface area contributed by atoms with Crippen molar-refractivity contribution < 1.29 is 0 Å². The largest absolute Gasteiger partial charge is 0.370 e. The van der Waals surface area contributed by atoms with Gasteiger partial charge in [-0.2, -0.15) is 0 Å². The molecule has 102 valence electrons. The van der Waals surface area contributed by atoms with Crippen molar-refractivity contribution in [1.82, 2.24) is 9.97 Å². The Morgan fingerprint density at radius 3 is 2.70 bits per heavy atom. The number of hydrogen-bond acceptors (Lipinski definition) is 4. The summed E-state index contributed by atoms with van der Waals surface area (Å²) in [7, 11) is 0. The smallest absolute Gasteiger partial charge is 0.138 e. The topological polar surface area (TPSA) is 37.8 Å². The molecule has 3 nitrogen and oxygen atoms in total. The van der Waals surface area contributed by atoms with Crippen molar-refractivity contribution in [2.75, 3.05) is 11.9 Å². The first-order chi connectivity index (χ1) is 9.86. The van der Waals surface area contributed by atoms with Crippen LogP contribution in [0.3, 0.4) is 0 Å². The summed E-state index contributed by atoms with van der Waals surface area (Å²) >= 11 is 1.67. The zero-order valence-electron chi connectivity index (χ0n) is 11.5. The molecule has 0 saturated heterocycles. The van der Waals surface area contributed by atoms with Gasteiger partial charge in [0.05, 0.1) is 5.39 Å². The number of benzene rings is 1. The van der Waals surface area contributed by atoms with Crippen molar-refractivity contribution in [3.8, 4) is 0 Å². The van der Waals surface area contributed by atoms with Gasteiger partial charge < -0.3 is 5.32 Å². The SMILES string of the molecule is CCNc1nc(CCc2ccccc2)nc2sccc12. The Bertz CT molecular complexity index is 691. The first-order valence-corrected chi connectivity index (χ1v) is 7.76.